The summed E-state index contributed by atoms with van der Waals surface area (Å²) in [7, 11) is 0. The molecule has 2 aromatic rings. The molecule has 0 spiro atoms. The van der Waals surface area contributed by atoms with E-state index in [4.69, 9.17) is 4.98 Å². The molecule has 0 bridgehead atoms. The molecule has 2 aromatic heterocycles. The lowest BCUT2D eigenvalue weighted by molar-refractivity contribution is -0.127. The predicted octanol–water partition coefficient (Wildman–Crippen LogP) is 3.16. The van der Waals surface area contributed by atoms with Crippen LogP contribution in [0.25, 0.3) is 11.5 Å². The molecule has 4 heterocycles. The van der Waals surface area contributed by atoms with Gasteiger partial charge in [0.25, 0.3) is 0 Å². The minimum absolute atomic E-state index is 0.158. The minimum atomic E-state index is 0.158. The van der Waals surface area contributed by atoms with Crippen LogP contribution >= 0.6 is 0 Å². The third-order valence-corrected chi connectivity index (χ3v) is 7.08. The van der Waals surface area contributed by atoms with Gasteiger partial charge in [-0.1, -0.05) is 6.07 Å². The van der Waals surface area contributed by atoms with Gasteiger partial charge < -0.3 is 20.1 Å². The number of aromatic amines is 1. The van der Waals surface area contributed by atoms with E-state index >= 15 is 0 Å². The number of piperidine rings is 1. The first-order valence-corrected chi connectivity index (χ1v) is 11.9. The number of nitrogens with one attached hydrogen (secondary N) is 2. The summed E-state index contributed by atoms with van der Waals surface area (Å²) in [6, 6.07) is 6.88. The SMILES string of the molecule is CC(C)N1CCC(C(=O)NC2CCN(c3cccc(-c4ncc(C5CC5)[nH]4)n3)C2)CC1. The van der Waals surface area contributed by atoms with E-state index in [2.05, 4.69) is 45.0 Å². The van der Waals surface area contributed by atoms with Gasteiger partial charge in [-0.25, -0.2) is 9.97 Å². The van der Waals surface area contributed by atoms with Crippen LogP contribution in [0.3, 0.4) is 0 Å². The van der Waals surface area contributed by atoms with Crippen molar-refractivity contribution in [1.82, 2.24) is 25.2 Å². The van der Waals surface area contributed by atoms with E-state index in [1.807, 2.05) is 18.3 Å². The molecule has 7 heteroatoms. The van der Waals surface area contributed by atoms with Crippen LogP contribution in [0.15, 0.2) is 24.4 Å². The number of carbonyl (C=O) groups excluding carboxylic acids is 1. The van der Waals surface area contributed by atoms with E-state index in [1.165, 1.54) is 18.5 Å². The zero-order chi connectivity index (χ0) is 21.4. The number of hydrogen-bond acceptors (Lipinski definition) is 5. The highest BCUT2D eigenvalue weighted by molar-refractivity contribution is 5.79. The van der Waals surface area contributed by atoms with Crippen LogP contribution < -0.4 is 10.2 Å². The summed E-state index contributed by atoms with van der Waals surface area (Å²) in [5.41, 5.74) is 2.11. The van der Waals surface area contributed by atoms with E-state index in [0.29, 0.717) is 12.0 Å². The van der Waals surface area contributed by atoms with Crippen molar-refractivity contribution in [2.45, 2.75) is 64.0 Å². The van der Waals surface area contributed by atoms with E-state index in [-0.39, 0.29) is 17.9 Å². The van der Waals surface area contributed by atoms with Crippen molar-refractivity contribution < 1.29 is 4.79 Å². The van der Waals surface area contributed by atoms with Crippen molar-refractivity contribution in [3.05, 3.63) is 30.1 Å². The molecule has 0 radical (unpaired) electrons. The molecule has 3 fully saturated rings. The first-order valence-electron chi connectivity index (χ1n) is 11.9. The van der Waals surface area contributed by atoms with E-state index in [1.54, 1.807) is 0 Å². The first-order chi connectivity index (χ1) is 15.1. The maximum Gasteiger partial charge on any atom is 0.223 e. The molecular weight excluding hydrogens is 388 g/mol. The lowest BCUT2D eigenvalue weighted by Crippen LogP contribution is -2.46. The smallest absolute Gasteiger partial charge is 0.223 e. The van der Waals surface area contributed by atoms with Crippen molar-refractivity contribution in [3.8, 4) is 11.5 Å². The summed E-state index contributed by atoms with van der Waals surface area (Å²) >= 11 is 0. The fraction of sp³-hybridized carbons (Fsp3) is 0.625. The number of amides is 1. The summed E-state index contributed by atoms with van der Waals surface area (Å²) in [5, 5.41) is 3.32. The van der Waals surface area contributed by atoms with Gasteiger partial charge in [0.1, 0.15) is 11.5 Å². The maximum absolute atomic E-state index is 12.8. The average Bonchev–Trinajstić information content (AvgIpc) is 3.33. The van der Waals surface area contributed by atoms with Crippen LogP contribution in [0.5, 0.6) is 0 Å². The number of rotatable bonds is 6. The zero-order valence-corrected chi connectivity index (χ0v) is 18.7. The third-order valence-electron chi connectivity index (χ3n) is 7.08. The van der Waals surface area contributed by atoms with Crippen LogP contribution in [0.4, 0.5) is 5.82 Å². The second-order valence-corrected chi connectivity index (χ2v) is 9.69. The molecule has 0 aromatic carbocycles. The molecule has 2 N–H and O–H groups in total. The number of carbonyl (C=O) groups is 1. The van der Waals surface area contributed by atoms with Crippen LogP contribution in [-0.4, -0.2) is 64.0 Å². The molecule has 2 aliphatic heterocycles. The Hall–Kier alpha value is -2.41. The maximum atomic E-state index is 12.8. The zero-order valence-electron chi connectivity index (χ0n) is 18.7. The number of aromatic nitrogens is 3. The largest absolute Gasteiger partial charge is 0.354 e. The van der Waals surface area contributed by atoms with Crippen LogP contribution in [0.1, 0.15) is 57.6 Å². The Balaban J connectivity index is 1.16. The molecule has 1 unspecified atom stereocenters. The third kappa shape index (κ3) is 4.61. The van der Waals surface area contributed by atoms with Crippen LogP contribution in [-0.2, 0) is 4.79 Å². The van der Waals surface area contributed by atoms with Crippen molar-refractivity contribution >= 4 is 11.7 Å². The second kappa shape index (κ2) is 8.61. The fourth-order valence-corrected chi connectivity index (χ4v) is 4.88. The number of anilines is 1. The average molecular weight is 423 g/mol. The number of likely N-dealkylation sites (tertiary alicyclic amines) is 1. The van der Waals surface area contributed by atoms with Gasteiger partial charge in [-0.2, -0.15) is 0 Å². The molecule has 1 aliphatic carbocycles. The van der Waals surface area contributed by atoms with Crippen LogP contribution in [0, 0.1) is 5.92 Å². The fourth-order valence-electron chi connectivity index (χ4n) is 4.88. The van der Waals surface area contributed by atoms with Gasteiger partial charge in [0.15, 0.2) is 5.82 Å². The summed E-state index contributed by atoms with van der Waals surface area (Å²) in [5.74, 6) is 2.86. The minimum Gasteiger partial charge on any atom is -0.354 e. The van der Waals surface area contributed by atoms with Gasteiger partial charge in [0.05, 0.1) is 0 Å². The Labute approximate surface area is 184 Å². The molecule has 1 saturated carbocycles. The van der Waals surface area contributed by atoms with E-state index in [0.717, 1.165) is 62.8 Å². The van der Waals surface area contributed by atoms with E-state index in [9.17, 15) is 4.79 Å². The van der Waals surface area contributed by atoms with Crippen molar-refractivity contribution in [3.63, 3.8) is 0 Å². The normalized spacial score (nSPS) is 22.9. The Bertz CT molecular complexity index is 912. The quantitative estimate of drug-likeness (QED) is 0.748. The Morgan fingerprint density at radius 1 is 1.13 bits per heavy atom. The van der Waals surface area contributed by atoms with Gasteiger partial charge in [-0.05, 0) is 71.2 Å². The standard InChI is InChI=1S/C24H34N6O/c1-16(2)29-11-8-18(9-12-29)24(31)26-19-10-13-30(15-19)22-5-3-4-20(27-22)23-25-14-21(28-23)17-6-7-17/h3-5,14,16-19H,6-13,15H2,1-2H3,(H,25,28)(H,26,31). The lowest BCUT2D eigenvalue weighted by Gasteiger charge is -2.34. The summed E-state index contributed by atoms with van der Waals surface area (Å²) in [6.07, 6.45) is 7.37. The number of nitrogens with zero attached hydrogens (tertiary/aromatic N) is 4. The lowest BCUT2D eigenvalue weighted by atomic mass is 9.95. The highest BCUT2D eigenvalue weighted by Crippen LogP contribution is 2.39. The highest BCUT2D eigenvalue weighted by atomic mass is 16.2. The first kappa shape index (κ1) is 20.5. The van der Waals surface area contributed by atoms with Crippen molar-refractivity contribution in [2.24, 2.45) is 5.92 Å². The monoisotopic (exact) mass is 422 g/mol. The number of H-pyrrole nitrogens is 1. The van der Waals surface area contributed by atoms with Crippen LogP contribution in [0.2, 0.25) is 0 Å². The molecule has 166 valence electrons. The van der Waals surface area contributed by atoms with Gasteiger partial charge in [-0.15, -0.1) is 0 Å². The van der Waals surface area contributed by atoms with Crippen molar-refractivity contribution in [2.75, 3.05) is 31.1 Å². The Kier molecular flexibility index (Phi) is 5.69. The summed E-state index contributed by atoms with van der Waals surface area (Å²) in [4.78, 5) is 30.4. The van der Waals surface area contributed by atoms with Gasteiger partial charge in [0, 0.05) is 48.9 Å². The summed E-state index contributed by atoms with van der Waals surface area (Å²) < 4.78 is 0. The number of hydrogen-bond donors (Lipinski definition) is 2. The molecule has 3 aliphatic rings. The van der Waals surface area contributed by atoms with Gasteiger partial charge >= 0.3 is 0 Å². The molecule has 5 rings (SSSR count). The van der Waals surface area contributed by atoms with Crippen molar-refractivity contribution in [1.29, 1.82) is 0 Å². The number of imidazole rings is 1. The number of pyridine rings is 1. The molecule has 31 heavy (non-hydrogen) atoms. The Morgan fingerprint density at radius 2 is 1.94 bits per heavy atom. The predicted molar refractivity (Wildman–Crippen MR) is 122 cm³/mol. The molecule has 2 saturated heterocycles. The molecule has 7 nitrogen and oxygen atoms in total. The molecule has 1 amide bonds. The van der Waals surface area contributed by atoms with Gasteiger partial charge in [0.2, 0.25) is 5.91 Å². The molecular formula is C24H34N6O. The second-order valence-electron chi connectivity index (χ2n) is 9.69. The van der Waals surface area contributed by atoms with Gasteiger partial charge in [-0.3, -0.25) is 4.79 Å². The topological polar surface area (TPSA) is 77.2 Å². The Morgan fingerprint density at radius 3 is 2.68 bits per heavy atom. The van der Waals surface area contributed by atoms with E-state index < -0.39 is 0 Å². The summed E-state index contributed by atoms with van der Waals surface area (Å²) in [6.45, 7) is 8.25. The molecule has 1 atom stereocenters. The highest BCUT2D eigenvalue weighted by Gasteiger charge is 2.30.